The summed E-state index contributed by atoms with van der Waals surface area (Å²) < 4.78 is 1.60. The monoisotopic (exact) mass is 347 g/mol. The van der Waals surface area contributed by atoms with Crippen molar-refractivity contribution < 1.29 is 4.92 Å². The van der Waals surface area contributed by atoms with E-state index in [0.29, 0.717) is 15.9 Å². The highest BCUT2D eigenvalue weighted by Crippen LogP contribution is 2.24. The Morgan fingerprint density at radius 2 is 2.00 bits per heavy atom. The Balaban J connectivity index is 1.77. The zero-order valence-corrected chi connectivity index (χ0v) is 13.2. The maximum atomic E-state index is 10.8. The van der Waals surface area contributed by atoms with Gasteiger partial charge >= 0.3 is 0 Å². The van der Waals surface area contributed by atoms with Crippen LogP contribution >= 0.6 is 23.4 Å². The molecule has 0 unspecified atom stereocenters. The second kappa shape index (κ2) is 6.76. The van der Waals surface area contributed by atoms with Gasteiger partial charge in [0.1, 0.15) is 0 Å². The molecule has 0 radical (unpaired) electrons. The molecule has 0 aliphatic rings. The number of halogens is 1. The molecule has 0 saturated carbocycles. The second-order valence-electron chi connectivity index (χ2n) is 4.57. The first kappa shape index (κ1) is 15.4. The van der Waals surface area contributed by atoms with E-state index in [1.807, 2.05) is 18.2 Å². The van der Waals surface area contributed by atoms with Gasteiger partial charge in [0.05, 0.1) is 10.6 Å². The number of non-ortho nitro benzene ring substituents is 1. The molecule has 0 N–H and O–H groups in total. The van der Waals surface area contributed by atoms with E-state index in [2.05, 4.69) is 15.5 Å². The predicted molar refractivity (Wildman–Crippen MR) is 86.8 cm³/mol. The molecule has 23 heavy (non-hydrogen) atoms. The van der Waals surface area contributed by atoms with Crippen LogP contribution in [0.15, 0.2) is 53.7 Å². The number of tetrazole rings is 1. The molecule has 0 fully saturated rings. The summed E-state index contributed by atoms with van der Waals surface area (Å²) >= 11 is 7.27. The molecule has 0 spiro atoms. The van der Waals surface area contributed by atoms with Crippen molar-refractivity contribution in [2.75, 3.05) is 0 Å². The maximum absolute atomic E-state index is 10.8. The van der Waals surface area contributed by atoms with Crippen LogP contribution in [-0.2, 0) is 5.75 Å². The number of hydrogen-bond acceptors (Lipinski definition) is 6. The van der Waals surface area contributed by atoms with E-state index in [0.717, 1.165) is 11.3 Å². The van der Waals surface area contributed by atoms with E-state index in [9.17, 15) is 10.1 Å². The van der Waals surface area contributed by atoms with Gasteiger partial charge in [0.2, 0.25) is 5.16 Å². The summed E-state index contributed by atoms with van der Waals surface area (Å²) in [4.78, 5) is 10.4. The van der Waals surface area contributed by atoms with Crippen LogP contribution in [0, 0.1) is 10.1 Å². The van der Waals surface area contributed by atoms with Gasteiger partial charge in [-0.15, -0.1) is 5.10 Å². The fourth-order valence-electron chi connectivity index (χ4n) is 1.92. The van der Waals surface area contributed by atoms with Crippen LogP contribution in [0.25, 0.3) is 5.69 Å². The van der Waals surface area contributed by atoms with Crippen LogP contribution in [0.2, 0.25) is 5.02 Å². The molecule has 7 nitrogen and oxygen atoms in total. The first-order valence-corrected chi connectivity index (χ1v) is 7.90. The highest BCUT2D eigenvalue weighted by atomic mass is 35.5. The van der Waals surface area contributed by atoms with Crippen LogP contribution in [0.1, 0.15) is 5.56 Å². The lowest BCUT2D eigenvalue weighted by molar-refractivity contribution is -0.384. The van der Waals surface area contributed by atoms with Gasteiger partial charge in [0.15, 0.2) is 0 Å². The van der Waals surface area contributed by atoms with Gasteiger partial charge in [0, 0.05) is 22.9 Å². The fourth-order valence-corrected chi connectivity index (χ4v) is 2.88. The number of rotatable bonds is 5. The lowest BCUT2D eigenvalue weighted by Crippen LogP contribution is -1.99. The number of nitro groups is 1. The molecular weight excluding hydrogens is 338 g/mol. The topological polar surface area (TPSA) is 86.7 Å². The molecule has 0 saturated heterocycles. The lowest BCUT2D eigenvalue weighted by Gasteiger charge is -2.04. The van der Waals surface area contributed by atoms with E-state index in [1.54, 1.807) is 28.9 Å². The second-order valence-corrected chi connectivity index (χ2v) is 5.94. The Labute approximate surface area is 140 Å². The molecule has 0 aliphatic carbocycles. The van der Waals surface area contributed by atoms with E-state index in [1.165, 1.54) is 17.8 Å². The normalized spacial score (nSPS) is 10.7. The minimum Gasteiger partial charge on any atom is -0.258 e. The molecule has 0 atom stereocenters. The summed E-state index contributed by atoms with van der Waals surface area (Å²) in [5.41, 5.74) is 1.69. The zero-order valence-electron chi connectivity index (χ0n) is 11.7. The Morgan fingerprint density at radius 1 is 1.22 bits per heavy atom. The van der Waals surface area contributed by atoms with Crippen LogP contribution in [0.4, 0.5) is 5.69 Å². The summed E-state index contributed by atoms with van der Waals surface area (Å²) in [5.74, 6) is 0.523. The zero-order chi connectivity index (χ0) is 16.2. The van der Waals surface area contributed by atoms with Crippen molar-refractivity contribution in [1.82, 2.24) is 20.2 Å². The third-order valence-electron chi connectivity index (χ3n) is 3.00. The molecule has 3 aromatic rings. The lowest BCUT2D eigenvalue weighted by atomic mass is 10.2. The summed E-state index contributed by atoms with van der Waals surface area (Å²) in [6, 6.07) is 13.6. The van der Waals surface area contributed by atoms with Gasteiger partial charge in [0.25, 0.3) is 5.69 Å². The highest BCUT2D eigenvalue weighted by molar-refractivity contribution is 7.98. The predicted octanol–water partition coefficient (Wildman–Crippen LogP) is 3.52. The van der Waals surface area contributed by atoms with Crippen molar-refractivity contribution in [1.29, 1.82) is 0 Å². The van der Waals surface area contributed by atoms with Gasteiger partial charge < -0.3 is 0 Å². The number of aromatic nitrogens is 4. The highest BCUT2D eigenvalue weighted by Gasteiger charge is 2.11. The van der Waals surface area contributed by atoms with Crippen LogP contribution in [-0.4, -0.2) is 25.1 Å². The average molecular weight is 348 g/mol. The smallest absolute Gasteiger partial charge is 0.258 e. The fraction of sp³-hybridized carbons (Fsp3) is 0.0714. The SMILES string of the molecule is O=[N+]([O-])c1cccc(CSc2nnnn2-c2ccc(Cl)cc2)c1. The number of benzene rings is 2. The molecule has 9 heteroatoms. The molecular formula is C14H10ClN5O2S. The van der Waals surface area contributed by atoms with E-state index in [4.69, 9.17) is 11.6 Å². The van der Waals surface area contributed by atoms with E-state index >= 15 is 0 Å². The van der Waals surface area contributed by atoms with Gasteiger partial charge in [-0.05, 0) is 40.3 Å². The Kier molecular flexibility index (Phi) is 4.54. The number of nitrogens with zero attached hydrogens (tertiary/aromatic N) is 5. The first-order chi connectivity index (χ1) is 11.1. The third kappa shape index (κ3) is 3.66. The van der Waals surface area contributed by atoms with Crippen LogP contribution in [0.3, 0.4) is 0 Å². The van der Waals surface area contributed by atoms with Crippen molar-refractivity contribution >= 4 is 29.1 Å². The average Bonchev–Trinajstić information content (AvgIpc) is 3.02. The largest absolute Gasteiger partial charge is 0.269 e. The summed E-state index contributed by atoms with van der Waals surface area (Å²) in [6.07, 6.45) is 0. The van der Waals surface area contributed by atoms with E-state index < -0.39 is 4.92 Å². The minimum atomic E-state index is -0.411. The van der Waals surface area contributed by atoms with Crippen molar-refractivity contribution in [3.63, 3.8) is 0 Å². The Morgan fingerprint density at radius 3 is 2.74 bits per heavy atom. The molecule has 0 amide bonds. The Bertz CT molecular complexity index is 837. The number of hydrogen-bond donors (Lipinski definition) is 0. The van der Waals surface area contributed by atoms with Gasteiger partial charge in [-0.2, -0.15) is 4.68 Å². The molecule has 3 rings (SSSR count). The third-order valence-corrected chi connectivity index (χ3v) is 4.24. The molecule has 2 aromatic carbocycles. The van der Waals surface area contributed by atoms with Crippen molar-refractivity contribution in [3.05, 3.63) is 69.2 Å². The molecule has 0 bridgehead atoms. The van der Waals surface area contributed by atoms with Gasteiger partial charge in [-0.3, -0.25) is 10.1 Å². The molecule has 0 aliphatic heterocycles. The summed E-state index contributed by atoms with van der Waals surface area (Å²) in [6.45, 7) is 0. The molecule has 1 heterocycles. The quantitative estimate of drug-likeness (QED) is 0.398. The maximum Gasteiger partial charge on any atom is 0.269 e. The Hall–Kier alpha value is -2.45. The molecule has 116 valence electrons. The summed E-state index contributed by atoms with van der Waals surface area (Å²) in [5, 5.41) is 23.7. The number of nitro benzene ring substituents is 1. The summed E-state index contributed by atoms with van der Waals surface area (Å²) in [7, 11) is 0. The van der Waals surface area contributed by atoms with Gasteiger partial charge in [-0.25, -0.2) is 0 Å². The van der Waals surface area contributed by atoms with Crippen LogP contribution < -0.4 is 0 Å². The first-order valence-electron chi connectivity index (χ1n) is 6.54. The van der Waals surface area contributed by atoms with Gasteiger partial charge in [-0.1, -0.05) is 35.5 Å². The minimum absolute atomic E-state index is 0.0698. The van der Waals surface area contributed by atoms with Crippen molar-refractivity contribution in [2.24, 2.45) is 0 Å². The van der Waals surface area contributed by atoms with Crippen LogP contribution in [0.5, 0.6) is 0 Å². The van der Waals surface area contributed by atoms with Crippen molar-refractivity contribution in [2.45, 2.75) is 10.9 Å². The molecule has 1 aromatic heterocycles. The standard InChI is InChI=1S/C14H10ClN5O2S/c15-11-4-6-12(7-5-11)19-14(16-17-18-19)23-9-10-2-1-3-13(8-10)20(21)22/h1-8H,9H2. The number of thioether (sulfide) groups is 1. The van der Waals surface area contributed by atoms with E-state index in [-0.39, 0.29) is 5.69 Å². The van der Waals surface area contributed by atoms with Crippen molar-refractivity contribution in [3.8, 4) is 5.69 Å².